The molecule has 0 atom stereocenters. The molecular weight excluding hydrogens is 1040 g/mol. The molecule has 10 nitrogen and oxygen atoms in total. The number of para-hydroxylation sites is 4. The Kier molecular flexibility index (Phi) is 13.3. The van der Waals surface area contributed by atoms with Gasteiger partial charge < -0.3 is 10.2 Å². The summed E-state index contributed by atoms with van der Waals surface area (Å²) < 4.78 is 56.5. The first kappa shape index (κ1) is 50.7. The molecule has 0 fully saturated rings. The second-order valence-electron chi connectivity index (χ2n) is 18.9. The van der Waals surface area contributed by atoms with Crippen LogP contribution in [0.5, 0.6) is 0 Å². The van der Waals surface area contributed by atoms with Crippen molar-refractivity contribution in [2.24, 2.45) is 0 Å². The first-order chi connectivity index (χ1) is 37.2. The van der Waals surface area contributed by atoms with E-state index in [2.05, 4.69) is 133 Å². The fraction of sp³-hybridized carbons (Fsp3) is 0.0968. The van der Waals surface area contributed by atoms with Crippen LogP contribution in [-0.4, -0.2) is 19.9 Å². The lowest BCUT2D eigenvalue weighted by atomic mass is 9.73. The third-order valence-electron chi connectivity index (χ3n) is 13.8. The number of nitriles is 2. The van der Waals surface area contributed by atoms with Crippen LogP contribution in [0.1, 0.15) is 61.1 Å². The Morgan fingerprint density at radius 3 is 1.27 bits per heavy atom. The van der Waals surface area contributed by atoms with Crippen molar-refractivity contribution in [1.82, 2.24) is 19.9 Å². The number of benzene rings is 8. The lowest BCUT2D eigenvalue weighted by Gasteiger charge is -2.42. The van der Waals surface area contributed by atoms with E-state index in [1.54, 1.807) is 60.7 Å². The number of nitrogens with one attached hydrogen (secondary N) is 1. The fourth-order valence-corrected chi connectivity index (χ4v) is 10.8. The van der Waals surface area contributed by atoms with Crippen molar-refractivity contribution in [2.75, 3.05) is 10.2 Å². The predicted octanol–water partition coefficient (Wildman–Crippen LogP) is 16.9. The highest BCUT2D eigenvalue weighted by Crippen LogP contribution is 2.56. The minimum Gasteiger partial charge on any atom is -0.355 e. The van der Waals surface area contributed by atoms with Crippen molar-refractivity contribution in [3.63, 3.8) is 0 Å². The van der Waals surface area contributed by atoms with Crippen LogP contribution in [0, 0.1) is 59.6 Å². The quantitative estimate of drug-likeness (QED) is 0.137. The largest absolute Gasteiger partial charge is 0.355 e. The van der Waals surface area contributed by atoms with E-state index in [1.165, 1.54) is 22.5 Å². The van der Waals surface area contributed by atoms with Gasteiger partial charge in [0, 0.05) is 44.7 Å². The van der Waals surface area contributed by atoms with Gasteiger partial charge in [0.05, 0.1) is 57.6 Å². The van der Waals surface area contributed by atoms with Crippen molar-refractivity contribution >= 4 is 77.8 Å². The average molecular weight is 1080 g/mol. The van der Waals surface area contributed by atoms with Gasteiger partial charge in [-0.2, -0.15) is 28.1 Å². The average Bonchev–Trinajstić information content (AvgIpc) is 3.53. The van der Waals surface area contributed by atoms with Gasteiger partial charge in [0.15, 0.2) is 0 Å². The molecule has 2 aliphatic heterocycles. The summed E-state index contributed by atoms with van der Waals surface area (Å²) in [6, 6.07) is 54.1. The minimum absolute atomic E-state index is 0.00272. The second-order valence-corrected chi connectivity index (χ2v) is 19.7. The van der Waals surface area contributed by atoms with Crippen molar-refractivity contribution in [3.05, 3.63) is 242 Å². The van der Waals surface area contributed by atoms with E-state index in [4.69, 9.17) is 13.1 Å². The second kappa shape index (κ2) is 20.1. The molecule has 77 heavy (non-hydrogen) atoms. The molecule has 0 saturated carbocycles. The molecule has 0 amide bonds. The number of hydrogen-bond acceptors (Lipinski definition) is 8. The molecule has 8 aromatic carbocycles. The zero-order valence-electron chi connectivity index (χ0n) is 41.4. The maximum absolute atomic E-state index is 14.8. The summed E-state index contributed by atoms with van der Waals surface area (Å²) in [6.07, 6.45) is 0. The molecule has 15 heteroatoms. The summed E-state index contributed by atoms with van der Waals surface area (Å²) in [5, 5.41) is 23.3. The van der Waals surface area contributed by atoms with Crippen molar-refractivity contribution in [3.8, 4) is 34.4 Å². The van der Waals surface area contributed by atoms with Gasteiger partial charge in [-0.05, 0) is 57.6 Å². The van der Waals surface area contributed by atoms with E-state index in [1.807, 2.05) is 59.5 Å². The summed E-state index contributed by atoms with van der Waals surface area (Å²) in [4.78, 5) is 24.0. The van der Waals surface area contributed by atoms with Crippen molar-refractivity contribution < 1.29 is 17.6 Å². The van der Waals surface area contributed by atoms with Crippen LogP contribution in [0.4, 0.5) is 57.4 Å². The van der Waals surface area contributed by atoms with Gasteiger partial charge in [0.2, 0.25) is 11.4 Å². The maximum atomic E-state index is 14.8. The maximum Gasteiger partial charge on any atom is 0.269 e. The van der Waals surface area contributed by atoms with E-state index < -0.39 is 23.8 Å². The predicted molar refractivity (Wildman–Crippen MR) is 295 cm³/mol. The number of rotatable bonds is 3. The molecule has 12 rings (SSSR count). The van der Waals surface area contributed by atoms with Crippen LogP contribution < -0.4 is 10.2 Å². The minimum atomic E-state index is -1.38. The number of nitrogens with zero attached hydrogens (tertiary/aromatic N) is 9. The van der Waals surface area contributed by atoms with Gasteiger partial charge in [0.25, 0.3) is 23.8 Å². The molecule has 0 radical (unpaired) electrons. The molecule has 0 spiro atoms. The Morgan fingerprint density at radius 1 is 0.481 bits per heavy atom. The van der Waals surface area contributed by atoms with Gasteiger partial charge in [-0.25, -0.2) is 29.6 Å². The molecule has 2 aliphatic rings. The normalized spacial score (nSPS) is 13.0. The zero-order chi connectivity index (χ0) is 54.3. The van der Waals surface area contributed by atoms with E-state index in [0.29, 0.717) is 11.1 Å². The van der Waals surface area contributed by atoms with Crippen LogP contribution in [-0.2, 0) is 10.8 Å². The first-order valence-electron chi connectivity index (χ1n) is 23.9. The van der Waals surface area contributed by atoms with Crippen molar-refractivity contribution in [2.45, 2.75) is 38.5 Å². The summed E-state index contributed by atoms with van der Waals surface area (Å²) in [7, 11) is 0. The van der Waals surface area contributed by atoms with Gasteiger partial charge in [-0.1, -0.05) is 177 Å². The van der Waals surface area contributed by atoms with E-state index in [-0.39, 0.29) is 76.7 Å². The molecular formula is C62H39BrF4N10. The third-order valence-corrected chi connectivity index (χ3v) is 14.6. The summed E-state index contributed by atoms with van der Waals surface area (Å²) in [6.45, 7) is 24.2. The number of hydrogen-bond donors (Lipinski definition) is 1. The Bertz CT molecular complexity index is 4120. The third kappa shape index (κ3) is 8.59. The number of aromatic nitrogens is 4. The van der Waals surface area contributed by atoms with E-state index >= 15 is 0 Å². The number of halogens is 5. The molecule has 0 aliphatic carbocycles. The van der Waals surface area contributed by atoms with Crippen LogP contribution in [0.2, 0.25) is 0 Å². The topological polar surface area (TPSA) is 123 Å². The number of fused-ring (bicyclic) bond motifs is 6. The highest BCUT2D eigenvalue weighted by atomic mass is 79.9. The molecule has 10 aromatic rings. The fourth-order valence-electron chi connectivity index (χ4n) is 10.3. The Labute approximate surface area is 449 Å². The molecule has 4 heterocycles. The molecule has 2 aromatic heterocycles. The van der Waals surface area contributed by atoms with Crippen molar-refractivity contribution in [1.29, 1.82) is 10.5 Å². The van der Waals surface area contributed by atoms with Gasteiger partial charge in [0.1, 0.15) is 11.0 Å². The van der Waals surface area contributed by atoms with E-state index in [0.717, 1.165) is 22.5 Å². The summed E-state index contributed by atoms with van der Waals surface area (Å²) in [5.41, 5.74) is 10.2. The monoisotopic (exact) mass is 1080 g/mol. The molecule has 1 N–H and O–H groups in total. The Morgan fingerprint density at radius 2 is 0.831 bits per heavy atom. The zero-order valence-corrected chi connectivity index (χ0v) is 43.0. The highest BCUT2D eigenvalue weighted by Gasteiger charge is 2.39. The summed E-state index contributed by atoms with van der Waals surface area (Å²) in [5.74, 6) is -5.48. The molecule has 0 bridgehead atoms. The van der Waals surface area contributed by atoms with Gasteiger partial charge in [-0.3, -0.25) is 0 Å². The van der Waals surface area contributed by atoms with E-state index in [9.17, 15) is 28.1 Å². The van der Waals surface area contributed by atoms with Gasteiger partial charge >= 0.3 is 0 Å². The van der Waals surface area contributed by atoms with Crippen LogP contribution in [0.25, 0.3) is 54.0 Å². The smallest absolute Gasteiger partial charge is 0.269 e. The highest BCUT2D eigenvalue weighted by molar-refractivity contribution is 9.10. The summed E-state index contributed by atoms with van der Waals surface area (Å²) >= 11 is 3.14. The standard InChI is InChI=1S/C31H19F2N5.C16H5BrF2N4.C15H15N/c1-31(2)20-13-7-9-15-22(20)38(23-16-10-8-14-21(23)31)28-25(35-3)19(17-34)24(18-11-5-4-6-12-18)26-27(28)37-30(33)29(32)36-26;1-21-12-9(7-20)10(8-5-3-2-4-6-8)13-14(11(12)17)23-16(19)15(18)22-13;1-15(2)11-7-3-5-9-13(11)16-14-10-6-4-8-12(14)15/h4-16H,1-2H3;2-6H;3-10,16H,1-2H3. The molecule has 372 valence electrons. The Balaban J connectivity index is 0.000000145. The first-order valence-corrected chi connectivity index (χ1v) is 24.7. The molecule has 0 unspecified atom stereocenters. The lowest BCUT2D eigenvalue weighted by Crippen LogP contribution is -2.30. The van der Waals surface area contributed by atoms with Gasteiger partial charge in [-0.15, -0.1) is 0 Å². The molecule has 0 saturated heterocycles. The van der Waals surface area contributed by atoms with Crippen LogP contribution in [0.15, 0.2) is 162 Å². The lowest BCUT2D eigenvalue weighted by molar-refractivity contribution is 0.459. The van der Waals surface area contributed by atoms with Crippen LogP contribution >= 0.6 is 15.9 Å². The SMILES string of the molecule is CC1(C)c2ccccc2Nc2ccccc21.[C-]#[N+]c1c(C#N)c(-c2ccccc2)c2nc(F)c(F)nc2c1Br.[C-]#[N+]c1c(C#N)c(-c2ccccc2)c2nc(F)c(F)nc2c1N1c2ccccc2C(C)(C)c2ccccc21. The van der Waals surface area contributed by atoms with Crippen LogP contribution in [0.3, 0.4) is 0 Å². The Hall–Kier alpha value is -9.80. The number of anilines is 5.